The number of amides is 1. The van der Waals surface area contributed by atoms with Crippen molar-refractivity contribution in [1.29, 1.82) is 0 Å². The molecule has 1 fully saturated rings. The van der Waals surface area contributed by atoms with Gasteiger partial charge in [0.05, 0.1) is 13.2 Å². The second kappa shape index (κ2) is 10.8. The fraction of sp³-hybridized carbons (Fsp3) is 0.750. The molecule has 2 N–H and O–H groups in total. The normalized spacial score (nSPS) is 27.4. The minimum atomic E-state index is -1.17. The van der Waals surface area contributed by atoms with E-state index in [4.69, 9.17) is 28.8 Å². The fourth-order valence-corrected chi connectivity index (χ4v) is 2.60. The van der Waals surface area contributed by atoms with Gasteiger partial charge in [0.15, 0.2) is 18.5 Å². The maximum Gasteiger partial charge on any atom is 0.303 e. The Morgan fingerprint density at radius 3 is 2.04 bits per heavy atom. The van der Waals surface area contributed by atoms with E-state index >= 15 is 0 Å². The molecule has 1 rings (SSSR count). The quantitative estimate of drug-likeness (QED) is 0.376. The largest absolute Gasteiger partial charge is 0.463 e. The molecule has 1 aliphatic rings. The van der Waals surface area contributed by atoms with E-state index in [0.717, 1.165) is 13.8 Å². The lowest BCUT2D eigenvalue weighted by atomic mass is 9.96. The molecule has 27 heavy (non-hydrogen) atoms. The number of ether oxygens (including phenoxy) is 5. The maximum atomic E-state index is 11.6. The Hall–Kier alpha value is -2.24. The van der Waals surface area contributed by atoms with Crippen LogP contribution in [0, 0.1) is 0 Å². The van der Waals surface area contributed by atoms with Crippen molar-refractivity contribution in [3.63, 3.8) is 0 Å². The van der Waals surface area contributed by atoms with Gasteiger partial charge in [-0.3, -0.25) is 19.2 Å². The molecule has 0 aromatic rings. The van der Waals surface area contributed by atoms with Gasteiger partial charge >= 0.3 is 17.9 Å². The summed E-state index contributed by atoms with van der Waals surface area (Å²) in [5.74, 6) is -2.45. The van der Waals surface area contributed by atoms with E-state index in [9.17, 15) is 19.2 Å². The van der Waals surface area contributed by atoms with Crippen LogP contribution in [0.4, 0.5) is 0 Å². The van der Waals surface area contributed by atoms with Crippen LogP contribution < -0.4 is 5.32 Å². The lowest BCUT2D eigenvalue weighted by molar-refractivity contribution is -0.278. The van der Waals surface area contributed by atoms with Gasteiger partial charge < -0.3 is 34.1 Å². The first-order valence-electron chi connectivity index (χ1n) is 8.28. The van der Waals surface area contributed by atoms with Gasteiger partial charge in [0.2, 0.25) is 5.91 Å². The van der Waals surface area contributed by atoms with Gasteiger partial charge in [-0.25, -0.2) is 0 Å². The smallest absolute Gasteiger partial charge is 0.303 e. The van der Waals surface area contributed by atoms with Crippen LogP contribution >= 0.6 is 0 Å². The lowest BCUT2D eigenvalue weighted by Gasteiger charge is -2.44. The molecule has 11 nitrogen and oxygen atoms in total. The number of nitrogens with one attached hydrogen (secondary N) is 1. The maximum absolute atomic E-state index is 11.6. The Morgan fingerprint density at radius 2 is 1.56 bits per heavy atom. The molecular formula is C16H25NO10. The van der Waals surface area contributed by atoms with Gasteiger partial charge in [0, 0.05) is 27.7 Å². The molecule has 0 aromatic carbocycles. The second-order valence-electron chi connectivity index (χ2n) is 5.81. The summed E-state index contributed by atoms with van der Waals surface area (Å²) in [6.07, 6.45) is -4.53. The molecule has 2 unspecified atom stereocenters. The summed E-state index contributed by atoms with van der Waals surface area (Å²) in [6.45, 7) is 3.95. The van der Waals surface area contributed by atoms with Crippen molar-refractivity contribution < 1.29 is 48.0 Å². The van der Waals surface area contributed by atoms with Crippen molar-refractivity contribution in [1.82, 2.24) is 5.32 Å². The molecule has 1 amide bonds. The van der Waals surface area contributed by atoms with Crippen molar-refractivity contribution in [2.75, 3.05) is 19.8 Å². The molecule has 5 atom stereocenters. The monoisotopic (exact) mass is 391 g/mol. The van der Waals surface area contributed by atoms with E-state index in [0.29, 0.717) is 0 Å². The summed E-state index contributed by atoms with van der Waals surface area (Å²) in [6, 6.07) is -1.03. The van der Waals surface area contributed by atoms with E-state index in [2.05, 4.69) is 5.32 Å². The highest BCUT2D eigenvalue weighted by molar-refractivity contribution is 5.73. The van der Waals surface area contributed by atoms with Crippen LogP contribution in [-0.2, 0) is 42.9 Å². The third-order valence-corrected chi connectivity index (χ3v) is 3.44. The average Bonchev–Trinajstić information content (AvgIpc) is 2.54. The van der Waals surface area contributed by atoms with Gasteiger partial charge in [-0.15, -0.1) is 0 Å². The number of carbonyl (C=O) groups is 4. The highest BCUT2D eigenvalue weighted by Gasteiger charge is 2.51. The van der Waals surface area contributed by atoms with Crippen molar-refractivity contribution in [2.24, 2.45) is 0 Å². The highest BCUT2D eigenvalue weighted by Crippen LogP contribution is 2.27. The molecule has 0 spiro atoms. The Balaban J connectivity index is 3.22. The lowest BCUT2D eigenvalue weighted by Crippen LogP contribution is -2.66. The number of hydrogen-bond acceptors (Lipinski definition) is 10. The third-order valence-electron chi connectivity index (χ3n) is 3.44. The number of aliphatic hydroxyl groups is 1. The summed E-state index contributed by atoms with van der Waals surface area (Å²) in [4.78, 5) is 45.9. The number of aliphatic hydroxyl groups excluding tert-OH is 1. The van der Waals surface area contributed by atoms with Gasteiger partial charge in [-0.2, -0.15) is 0 Å². The van der Waals surface area contributed by atoms with Crippen LogP contribution in [0.2, 0.25) is 0 Å². The second-order valence-corrected chi connectivity index (χ2v) is 5.81. The molecule has 0 aliphatic carbocycles. The van der Waals surface area contributed by atoms with Crippen molar-refractivity contribution in [2.45, 2.75) is 58.3 Å². The van der Waals surface area contributed by atoms with Crippen LogP contribution in [0.5, 0.6) is 0 Å². The van der Waals surface area contributed by atoms with Gasteiger partial charge in [0.1, 0.15) is 18.8 Å². The summed E-state index contributed by atoms with van der Waals surface area (Å²) >= 11 is 0. The fourth-order valence-electron chi connectivity index (χ4n) is 2.60. The Bertz CT molecular complexity index is 551. The number of carbonyl (C=O) groups excluding carboxylic acids is 4. The van der Waals surface area contributed by atoms with Crippen LogP contribution in [-0.4, -0.2) is 79.4 Å². The summed E-state index contributed by atoms with van der Waals surface area (Å²) in [7, 11) is 0. The van der Waals surface area contributed by atoms with Crippen molar-refractivity contribution >= 4 is 23.8 Å². The first kappa shape index (κ1) is 22.8. The molecule has 154 valence electrons. The Labute approximate surface area is 156 Å². The van der Waals surface area contributed by atoms with Crippen LogP contribution in [0.15, 0.2) is 0 Å². The number of esters is 3. The van der Waals surface area contributed by atoms with Gasteiger partial charge in [0.25, 0.3) is 0 Å². The first-order valence-corrected chi connectivity index (χ1v) is 8.28. The predicted octanol–water partition coefficient (Wildman–Crippen LogP) is -1.35. The third kappa shape index (κ3) is 7.49. The standard InChI is InChI=1S/C16H25NO10/c1-8(19)17-13-15(26-11(4)22)14(25-10(3)21)12(7-24-9(2)20)27-16(13)23-6-5-18/h12-16,18H,5-7H2,1-4H3,(H,17,19)/t12?,13-,14+,15?,16+/m0/s1. The van der Waals surface area contributed by atoms with E-state index in [-0.39, 0.29) is 19.8 Å². The molecule has 0 aromatic heterocycles. The topological polar surface area (TPSA) is 147 Å². The van der Waals surface area contributed by atoms with Gasteiger partial charge in [-0.1, -0.05) is 0 Å². The van der Waals surface area contributed by atoms with E-state index in [1.54, 1.807) is 0 Å². The molecule has 0 bridgehead atoms. The first-order chi connectivity index (χ1) is 12.6. The zero-order chi connectivity index (χ0) is 20.6. The number of hydrogen-bond donors (Lipinski definition) is 2. The molecule has 0 radical (unpaired) electrons. The minimum absolute atomic E-state index is 0.133. The highest BCUT2D eigenvalue weighted by atomic mass is 16.7. The molecule has 1 aliphatic heterocycles. The summed E-state index contributed by atoms with van der Waals surface area (Å²) in [5, 5.41) is 11.5. The molecule has 0 saturated carbocycles. The molecule has 11 heteroatoms. The van der Waals surface area contributed by atoms with Crippen molar-refractivity contribution in [3.8, 4) is 0 Å². The van der Waals surface area contributed by atoms with E-state index in [1.807, 2.05) is 0 Å². The van der Waals surface area contributed by atoms with Crippen molar-refractivity contribution in [3.05, 3.63) is 0 Å². The predicted molar refractivity (Wildman–Crippen MR) is 87.0 cm³/mol. The zero-order valence-corrected chi connectivity index (χ0v) is 15.6. The molecule has 1 heterocycles. The average molecular weight is 391 g/mol. The van der Waals surface area contributed by atoms with Crippen LogP contribution in [0.3, 0.4) is 0 Å². The minimum Gasteiger partial charge on any atom is -0.463 e. The SMILES string of the molecule is CC(=O)N[C@H]1C(OC(C)=O)[C@H](OC(C)=O)C(COC(C)=O)O[C@H]1OCCO. The Kier molecular flexibility index (Phi) is 9.12. The van der Waals surface area contributed by atoms with Crippen LogP contribution in [0.25, 0.3) is 0 Å². The summed E-state index contributed by atoms with van der Waals surface area (Å²) in [5.41, 5.74) is 0. The number of rotatable bonds is 8. The molecule has 1 saturated heterocycles. The van der Waals surface area contributed by atoms with E-state index in [1.165, 1.54) is 13.8 Å². The molecular weight excluding hydrogens is 366 g/mol. The zero-order valence-electron chi connectivity index (χ0n) is 15.6. The Morgan fingerprint density at radius 1 is 0.963 bits per heavy atom. The van der Waals surface area contributed by atoms with Gasteiger partial charge in [-0.05, 0) is 0 Å². The summed E-state index contributed by atoms with van der Waals surface area (Å²) < 4.78 is 26.5. The van der Waals surface area contributed by atoms with Crippen LogP contribution in [0.1, 0.15) is 27.7 Å². The van der Waals surface area contributed by atoms with E-state index < -0.39 is 54.5 Å².